The summed E-state index contributed by atoms with van der Waals surface area (Å²) in [5.41, 5.74) is 2.93. The Morgan fingerprint density at radius 2 is 1.95 bits per heavy atom. The Morgan fingerprint density at radius 3 is 2.76 bits per heavy atom. The maximum atomic E-state index is 5.98. The molecule has 0 bridgehead atoms. The Bertz CT molecular complexity index is 745. The minimum atomic E-state index is 0.0360. The van der Waals surface area contributed by atoms with Gasteiger partial charge in [-0.25, -0.2) is 9.97 Å². The van der Waals surface area contributed by atoms with Crippen LogP contribution in [0.4, 0.5) is 0 Å². The van der Waals surface area contributed by atoms with E-state index >= 15 is 0 Å². The van der Waals surface area contributed by atoms with Crippen LogP contribution in [0.15, 0.2) is 48.7 Å². The van der Waals surface area contributed by atoms with Crippen LogP contribution in [0.3, 0.4) is 0 Å². The summed E-state index contributed by atoms with van der Waals surface area (Å²) in [6, 6.07) is 14.2. The molecule has 0 saturated carbocycles. The summed E-state index contributed by atoms with van der Waals surface area (Å²) >= 11 is 0. The van der Waals surface area contributed by atoms with E-state index in [1.807, 2.05) is 36.5 Å². The number of hydrogen-bond acceptors (Lipinski definition) is 3. The Morgan fingerprint density at radius 1 is 1.05 bits per heavy atom. The molecule has 1 aliphatic rings. The summed E-state index contributed by atoms with van der Waals surface area (Å²) in [6.07, 6.45) is 5.19. The van der Waals surface area contributed by atoms with E-state index in [-0.39, 0.29) is 6.23 Å². The van der Waals surface area contributed by atoms with Crippen molar-refractivity contribution < 1.29 is 4.74 Å². The van der Waals surface area contributed by atoms with Gasteiger partial charge in [0.25, 0.3) is 0 Å². The largest absolute Gasteiger partial charge is 0.358 e. The molecule has 0 radical (unpaired) electrons. The first kappa shape index (κ1) is 12.5. The first-order valence-electron chi connectivity index (χ1n) is 7.43. The number of pyridine rings is 1. The average molecular weight is 279 g/mol. The highest BCUT2D eigenvalue weighted by Crippen LogP contribution is 2.32. The second-order valence-corrected chi connectivity index (χ2v) is 5.34. The molecular formula is C17H17N3O. The maximum Gasteiger partial charge on any atom is 0.162 e. The second-order valence-electron chi connectivity index (χ2n) is 5.34. The maximum absolute atomic E-state index is 5.98. The molecular weight excluding hydrogens is 262 g/mol. The molecule has 1 fully saturated rings. The number of ether oxygens (including phenoxy) is 1. The van der Waals surface area contributed by atoms with Gasteiger partial charge in [-0.15, -0.1) is 0 Å². The van der Waals surface area contributed by atoms with Gasteiger partial charge >= 0.3 is 0 Å². The van der Waals surface area contributed by atoms with Crippen LogP contribution in [0.2, 0.25) is 0 Å². The first-order valence-corrected chi connectivity index (χ1v) is 7.43. The molecule has 4 nitrogen and oxygen atoms in total. The quantitative estimate of drug-likeness (QED) is 0.716. The monoisotopic (exact) mass is 279 g/mol. The van der Waals surface area contributed by atoms with Crippen molar-refractivity contribution in [1.29, 1.82) is 0 Å². The van der Waals surface area contributed by atoms with Gasteiger partial charge in [0, 0.05) is 18.4 Å². The van der Waals surface area contributed by atoms with E-state index in [0.717, 1.165) is 42.0 Å². The number of aromatic nitrogens is 3. The fourth-order valence-electron chi connectivity index (χ4n) is 2.92. The van der Waals surface area contributed by atoms with Crippen LogP contribution in [0.5, 0.6) is 0 Å². The predicted molar refractivity (Wildman–Crippen MR) is 81.8 cm³/mol. The van der Waals surface area contributed by atoms with Gasteiger partial charge in [-0.3, -0.25) is 4.57 Å². The number of hydrogen-bond donors (Lipinski definition) is 0. The van der Waals surface area contributed by atoms with E-state index in [1.54, 1.807) is 0 Å². The lowest BCUT2D eigenvalue weighted by molar-refractivity contribution is -0.0287. The van der Waals surface area contributed by atoms with Crippen molar-refractivity contribution in [1.82, 2.24) is 14.5 Å². The van der Waals surface area contributed by atoms with Crippen molar-refractivity contribution in [3.05, 3.63) is 48.7 Å². The number of benzene rings is 1. The minimum absolute atomic E-state index is 0.0360. The predicted octanol–water partition coefficient (Wildman–Crippen LogP) is 3.80. The van der Waals surface area contributed by atoms with Crippen LogP contribution in [-0.4, -0.2) is 21.1 Å². The van der Waals surface area contributed by atoms with Crippen molar-refractivity contribution in [2.45, 2.75) is 25.5 Å². The molecule has 106 valence electrons. The lowest BCUT2D eigenvalue weighted by Crippen LogP contribution is -2.19. The summed E-state index contributed by atoms with van der Waals surface area (Å²) in [5, 5.41) is 0. The Labute approximate surface area is 123 Å². The molecule has 21 heavy (non-hydrogen) atoms. The van der Waals surface area contributed by atoms with Gasteiger partial charge in [-0.2, -0.15) is 0 Å². The van der Waals surface area contributed by atoms with Gasteiger partial charge < -0.3 is 4.74 Å². The van der Waals surface area contributed by atoms with Gasteiger partial charge in [0.1, 0.15) is 17.6 Å². The molecule has 2 aromatic heterocycles. The number of imidazole rings is 1. The number of fused-ring (bicyclic) bond motifs is 1. The van der Waals surface area contributed by atoms with Crippen LogP contribution in [0, 0.1) is 0 Å². The molecule has 3 heterocycles. The van der Waals surface area contributed by atoms with E-state index in [4.69, 9.17) is 9.72 Å². The van der Waals surface area contributed by atoms with Crippen LogP contribution < -0.4 is 0 Å². The third-order valence-electron chi connectivity index (χ3n) is 3.92. The number of nitrogens with zero attached hydrogens (tertiary/aromatic N) is 3. The molecule has 0 spiro atoms. The summed E-state index contributed by atoms with van der Waals surface area (Å²) in [5.74, 6) is 0.941. The second kappa shape index (κ2) is 5.30. The lowest BCUT2D eigenvalue weighted by atomic mass is 10.1. The van der Waals surface area contributed by atoms with E-state index < -0.39 is 0 Å². The van der Waals surface area contributed by atoms with Crippen molar-refractivity contribution in [2.24, 2.45) is 0 Å². The summed E-state index contributed by atoms with van der Waals surface area (Å²) in [7, 11) is 0. The van der Waals surface area contributed by atoms with Gasteiger partial charge in [0.05, 0.1) is 0 Å². The van der Waals surface area contributed by atoms with Crippen molar-refractivity contribution in [2.75, 3.05) is 6.61 Å². The molecule has 1 saturated heterocycles. The molecule has 4 rings (SSSR count). The normalized spacial score (nSPS) is 19.0. The summed E-state index contributed by atoms with van der Waals surface area (Å²) in [4.78, 5) is 9.30. The fraction of sp³-hybridized carbons (Fsp3) is 0.294. The van der Waals surface area contributed by atoms with Gasteiger partial charge in [0.15, 0.2) is 5.65 Å². The Hall–Kier alpha value is -2.20. The van der Waals surface area contributed by atoms with Crippen LogP contribution in [0.1, 0.15) is 25.5 Å². The van der Waals surface area contributed by atoms with E-state index in [0.29, 0.717) is 0 Å². The zero-order chi connectivity index (χ0) is 14.1. The highest BCUT2D eigenvalue weighted by molar-refractivity contribution is 5.77. The van der Waals surface area contributed by atoms with E-state index in [9.17, 15) is 0 Å². The summed E-state index contributed by atoms with van der Waals surface area (Å²) < 4.78 is 8.13. The lowest BCUT2D eigenvalue weighted by Gasteiger charge is -2.25. The SMILES string of the molecule is c1ccc(-c2nc3cccnc3n2C2CCCCO2)cc1. The molecule has 0 N–H and O–H groups in total. The molecule has 3 aromatic rings. The molecule has 1 aliphatic heterocycles. The van der Waals surface area contributed by atoms with Crippen LogP contribution in [-0.2, 0) is 4.74 Å². The van der Waals surface area contributed by atoms with Crippen molar-refractivity contribution in [3.8, 4) is 11.4 Å². The first-order chi connectivity index (χ1) is 10.4. The van der Waals surface area contributed by atoms with Gasteiger partial charge in [-0.05, 0) is 31.4 Å². The molecule has 0 amide bonds. The zero-order valence-electron chi connectivity index (χ0n) is 11.8. The standard InChI is InChI=1S/C17H17N3O/c1-2-7-13(8-3-1)16-19-14-9-6-11-18-17(14)20(16)15-10-4-5-12-21-15/h1-3,6-9,11,15H,4-5,10,12H2. The number of rotatable bonds is 2. The fourth-order valence-corrected chi connectivity index (χ4v) is 2.92. The highest BCUT2D eigenvalue weighted by atomic mass is 16.5. The van der Waals surface area contributed by atoms with Crippen LogP contribution >= 0.6 is 0 Å². The molecule has 4 heteroatoms. The third-order valence-corrected chi connectivity index (χ3v) is 3.92. The van der Waals surface area contributed by atoms with Crippen molar-refractivity contribution in [3.63, 3.8) is 0 Å². The Balaban J connectivity index is 1.92. The van der Waals surface area contributed by atoms with Gasteiger partial charge in [-0.1, -0.05) is 30.3 Å². The minimum Gasteiger partial charge on any atom is -0.358 e. The highest BCUT2D eigenvalue weighted by Gasteiger charge is 2.23. The van der Waals surface area contributed by atoms with E-state index in [1.165, 1.54) is 6.42 Å². The zero-order valence-corrected chi connectivity index (χ0v) is 11.8. The third kappa shape index (κ3) is 2.21. The summed E-state index contributed by atoms with van der Waals surface area (Å²) in [6.45, 7) is 0.811. The van der Waals surface area contributed by atoms with Crippen LogP contribution in [0.25, 0.3) is 22.6 Å². The van der Waals surface area contributed by atoms with Gasteiger partial charge in [0.2, 0.25) is 0 Å². The molecule has 1 atom stereocenters. The average Bonchev–Trinajstić information content (AvgIpc) is 2.96. The molecule has 1 aromatic carbocycles. The molecule has 0 aliphatic carbocycles. The van der Waals surface area contributed by atoms with Crippen molar-refractivity contribution >= 4 is 11.2 Å². The molecule has 1 unspecified atom stereocenters. The topological polar surface area (TPSA) is 39.9 Å². The van der Waals surface area contributed by atoms with E-state index in [2.05, 4.69) is 21.7 Å². The Kier molecular flexibility index (Phi) is 3.16. The smallest absolute Gasteiger partial charge is 0.162 e.